The third kappa shape index (κ3) is 0.898. The summed E-state index contributed by atoms with van der Waals surface area (Å²) in [6.45, 7) is 11.1. The Morgan fingerprint density at radius 1 is 0.609 bits per heavy atom. The minimum absolute atomic E-state index is 0.726. The Kier molecular flexibility index (Phi) is 1.85. The van der Waals surface area contributed by atoms with Gasteiger partial charge in [-0.3, -0.25) is 0 Å². The lowest BCUT2D eigenvalue weighted by Gasteiger charge is -2.80. The molecule has 0 aliphatic heterocycles. The minimum Gasteiger partial charge on any atom is -0.0588 e. The largest absolute Gasteiger partial charge is 0.0588 e. The van der Waals surface area contributed by atoms with Crippen LogP contribution >= 0.6 is 0 Å². The highest BCUT2D eigenvalue weighted by atomic mass is 14.9. The van der Waals surface area contributed by atoms with Gasteiger partial charge in [0, 0.05) is 0 Å². The Bertz CT molecular complexity index is 584. The lowest BCUT2D eigenvalue weighted by atomic mass is 9.24. The minimum atomic E-state index is 0.726. The van der Waals surface area contributed by atoms with Gasteiger partial charge in [0.1, 0.15) is 0 Å². The number of rotatable bonds is 0. The zero-order valence-corrected chi connectivity index (χ0v) is 15.6. The summed E-state index contributed by atoms with van der Waals surface area (Å²) < 4.78 is 0. The van der Waals surface area contributed by atoms with Crippen molar-refractivity contribution >= 4 is 0 Å². The van der Waals surface area contributed by atoms with Crippen molar-refractivity contribution in [1.82, 2.24) is 0 Å². The zero-order valence-electron chi connectivity index (χ0n) is 15.6. The highest BCUT2D eigenvalue weighted by molar-refractivity contribution is 5.37. The summed E-state index contributed by atoms with van der Waals surface area (Å²) in [6, 6.07) is 0. The van der Waals surface area contributed by atoms with Crippen LogP contribution in [-0.2, 0) is 0 Å². The quantitative estimate of drug-likeness (QED) is 0.498. The summed E-state index contributed by atoms with van der Waals surface area (Å²) >= 11 is 0. The van der Waals surface area contributed by atoms with Crippen molar-refractivity contribution in [1.29, 1.82) is 0 Å². The Hall–Kier alpha value is 0. The van der Waals surface area contributed by atoms with Crippen molar-refractivity contribution in [2.45, 2.75) is 72.6 Å². The fourth-order valence-corrected chi connectivity index (χ4v) is 12.3. The van der Waals surface area contributed by atoms with Crippen LogP contribution in [0.4, 0.5) is 0 Å². The van der Waals surface area contributed by atoms with Crippen LogP contribution in [0.15, 0.2) is 0 Å². The number of hydrogen-bond acceptors (Lipinski definition) is 0. The van der Waals surface area contributed by atoms with Gasteiger partial charge in [-0.25, -0.2) is 0 Å². The van der Waals surface area contributed by atoms with Gasteiger partial charge in [0.15, 0.2) is 0 Å². The topological polar surface area (TPSA) is 0 Å². The van der Waals surface area contributed by atoms with Crippen molar-refractivity contribution in [2.24, 2.45) is 69.0 Å². The first-order chi connectivity index (χ1) is 10.9. The van der Waals surface area contributed by atoms with E-state index in [1.54, 1.807) is 38.5 Å². The van der Waals surface area contributed by atoms with Crippen molar-refractivity contribution in [3.8, 4) is 0 Å². The van der Waals surface area contributed by atoms with Crippen LogP contribution in [0.1, 0.15) is 72.6 Å². The standard InChI is InChI=1S/C23H34/c1-20-8-5-9-21(20,2)19-15-11-14(18(19)20)22(3)16-12-6-7-13(10-12)17(16)23(15,22)4/h12-19H,5-11H2,1-4H3. The fourth-order valence-electron chi connectivity index (χ4n) is 12.3. The molecule has 0 aromatic rings. The van der Waals surface area contributed by atoms with E-state index in [1.165, 1.54) is 6.42 Å². The first-order valence-electron chi connectivity index (χ1n) is 10.9. The van der Waals surface area contributed by atoms with Gasteiger partial charge in [0.25, 0.3) is 0 Å². The molecule has 126 valence electrons. The molecule has 23 heavy (non-hydrogen) atoms. The second-order valence-corrected chi connectivity index (χ2v) is 12.1. The van der Waals surface area contributed by atoms with E-state index in [0.29, 0.717) is 0 Å². The third-order valence-electron chi connectivity index (χ3n) is 12.9. The molecule has 0 N–H and O–H groups in total. The molecule has 0 heteroatoms. The molecule has 0 radical (unpaired) electrons. The van der Waals surface area contributed by atoms with Crippen LogP contribution in [0.3, 0.4) is 0 Å². The van der Waals surface area contributed by atoms with Crippen molar-refractivity contribution in [2.75, 3.05) is 0 Å². The van der Waals surface area contributed by atoms with Gasteiger partial charge in [-0.15, -0.1) is 0 Å². The maximum atomic E-state index is 2.81. The SMILES string of the molecule is CC12CCCC1(C)C1C2C2CC1C1(C)C3C4CCC(C4)C3C21C. The number of hydrogen-bond donors (Lipinski definition) is 0. The lowest BCUT2D eigenvalue weighted by Crippen LogP contribution is -2.76. The van der Waals surface area contributed by atoms with Crippen LogP contribution in [0.25, 0.3) is 0 Å². The summed E-state index contributed by atoms with van der Waals surface area (Å²) in [5.74, 6) is 9.06. The maximum Gasteiger partial charge on any atom is -0.0201 e. The molecule has 7 rings (SSSR count). The molecule has 12 unspecified atom stereocenters. The highest BCUT2D eigenvalue weighted by Crippen LogP contribution is 2.95. The van der Waals surface area contributed by atoms with Crippen molar-refractivity contribution < 1.29 is 0 Å². The predicted molar refractivity (Wildman–Crippen MR) is 92.7 cm³/mol. The monoisotopic (exact) mass is 310 g/mol. The Morgan fingerprint density at radius 3 is 1.57 bits per heavy atom. The number of fused-ring (bicyclic) bond motifs is 18. The van der Waals surface area contributed by atoms with E-state index >= 15 is 0 Å². The van der Waals surface area contributed by atoms with Gasteiger partial charge in [0.05, 0.1) is 0 Å². The molecule has 0 heterocycles. The fraction of sp³-hybridized carbons (Fsp3) is 1.00. The molecule has 7 aliphatic rings. The van der Waals surface area contributed by atoms with Crippen LogP contribution in [0, 0.1) is 69.0 Å². The molecule has 4 bridgehead atoms. The maximum absolute atomic E-state index is 2.81. The molecule has 12 atom stereocenters. The van der Waals surface area contributed by atoms with Crippen LogP contribution in [0.5, 0.6) is 0 Å². The molecule has 7 saturated carbocycles. The van der Waals surface area contributed by atoms with Gasteiger partial charge in [-0.1, -0.05) is 34.1 Å². The highest BCUT2D eigenvalue weighted by Gasteiger charge is 2.89. The van der Waals surface area contributed by atoms with Gasteiger partial charge < -0.3 is 0 Å². The van der Waals surface area contributed by atoms with E-state index in [9.17, 15) is 0 Å². The summed E-state index contributed by atoms with van der Waals surface area (Å²) in [6.07, 6.45) is 11.1. The van der Waals surface area contributed by atoms with Gasteiger partial charge in [-0.2, -0.15) is 0 Å². The Morgan fingerprint density at radius 2 is 1.09 bits per heavy atom. The summed E-state index contributed by atoms with van der Waals surface area (Å²) in [5, 5.41) is 0. The average Bonchev–Trinajstić information content (AvgIpc) is 3.27. The van der Waals surface area contributed by atoms with E-state index in [0.717, 1.165) is 69.0 Å². The predicted octanol–water partition coefficient (Wildman–Crippen LogP) is 5.77. The second kappa shape index (κ2) is 3.21. The first-order valence-corrected chi connectivity index (χ1v) is 10.9. The van der Waals surface area contributed by atoms with E-state index in [2.05, 4.69) is 27.7 Å². The zero-order chi connectivity index (χ0) is 15.6. The van der Waals surface area contributed by atoms with E-state index in [1.807, 2.05) is 0 Å². The molecule has 0 aromatic heterocycles. The van der Waals surface area contributed by atoms with Gasteiger partial charge in [0.2, 0.25) is 0 Å². The summed E-state index contributed by atoms with van der Waals surface area (Å²) in [7, 11) is 0. The molecule has 0 saturated heterocycles. The molecular formula is C23H34. The summed E-state index contributed by atoms with van der Waals surface area (Å²) in [5.41, 5.74) is 2.95. The Labute approximate surface area is 142 Å². The van der Waals surface area contributed by atoms with Crippen LogP contribution in [0.2, 0.25) is 0 Å². The van der Waals surface area contributed by atoms with Crippen molar-refractivity contribution in [3.05, 3.63) is 0 Å². The molecule has 0 aromatic carbocycles. The van der Waals surface area contributed by atoms with Crippen LogP contribution < -0.4 is 0 Å². The van der Waals surface area contributed by atoms with E-state index in [-0.39, 0.29) is 0 Å². The molecule has 0 amide bonds. The molecule has 7 fully saturated rings. The first kappa shape index (κ1) is 13.2. The normalized spacial score (nSPS) is 78.8. The third-order valence-corrected chi connectivity index (χ3v) is 12.9. The smallest absolute Gasteiger partial charge is 0.0201 e. The summed E-state index contributed by atoms with van der Waals surface area (Å²) in [4.78, 5) is 0. The van der Waals surface area contributed by atoms with E-state index in [4.69, 9.17) is 0 Å². The van der Waals surface area contributed by atoms with Gasteiger partial charge in [-0.05, 0) is 108 Å². The van der Waals surface area contributed by atoms with Crippen LogP contribution in [-0.4, -0.2) is 0 Å². The average molecular weight is 311 g/mol. The second-order valence-electron chi connectivity index (χ2n) is 12.1. The molecule has 0 spiro atoms. The van der Waals surface area contributed by atoms with Crippen molar-refractivity contribution in [3.63, 3.8) is 0 Å². The molecule has 0 nitrogen and oxygen atoms in total. The molecular weight excluding hydrogens is 276 g/mol. The van der Waals surface area contributed by atoms with E-state index < -0.39 is 0 Å². The lowest BCUT2D eigenvalue weighted by molar-refractivity contribution is -0.329. The van der Waals surface area contributed by atoms with Gasteiger partial charge >= 0.3 is 0 Å². The molecule has 7 aliphatic carbocycles. The Balaban J connectivity index is 1.40.